The smallest absolute Gasteiger partial charge is 0.248 e. The van der Waals surface area contributed by atoms with Gasteiger partial charge in [0.05, 0.1) is 22.6 Å². The Labute approximate surface area is 227 Å². The third kappa shape index (κ3) is 5.82. The van der Waals surface area contributed by atoms with Crippen molar-refractivity contribution in [2.45, 2.75) is 25.7 Å². The molecular weight excluding hydrogens is 527 g/mol. The second kappa shape index (κ2) is 11.4. The van der Waals surface area contributed by atoms with Gasteiger partial charge in [-0.3, -0.25) is 9.59 Å². The first kappa shape index (κ1) is 25.4. The maximum atomic E-state index is 13.1. The van der Waals surface area contributed by atoms with Crippen LogP contribution in [0.4, 0.5) is 11.4 Å². The number of carbonyl (C=O) groups is 2. The van der Waals surface area contributed by atoms with Gasteiger partial charge in [-0.15, -0.1) is 5.10 Å². The summed E-state index contributed by atoms with van der Waals surface area (Å²) in [4.78, 5) is 33.4. The fraction of sp³-hybridized carbons (Fsp3) is 0.154. The zero-order chi connectivity index (χ0) is 26.5. The molecule has 4 aromatic rings. The van der Waals surface area contributed by atoms with Crippen LogP contribution in [0.5, 0.6) is 0 Å². The molecule has 0 aliphatic carbocycles. The van der Waals surface area contributed by atoms with Gasteiger partial charge in [-0.1, -0.05) is 41.4 Å². The molecule has 2 aromatic heterocycles. The van der Waals surface area contributed by atoms with Crippen LogP contribution in [0.15, 0.2) is 61.0 Å². The molecule has 2 bridgehead atoms. The van der Waals surface area contributed by atoms with Crippen LogP contribution < -0.4 is 10.6 Å². The monoisotopic (exact) mass is 548 g/mol. The van der Waals surface area contributed by atoms with E-state index in [0.717, 1.165) is 6.42 Å². The van der Waals surface area contributed by atoms with E-state index < -0.39 is 5.91 Å². The third-order valence-corrected chi connectivity index (χ3v) is 6.30. The summed E-state index contributed by atoms with van der Waals surface area (Å²) >= 11 is 12.7. The molecule has 3 N–H and O–H groups in total. The molecule has 2 amide bonds. The molecule has 0 fully saturated rings. The Kier molecular flexibility index (Phi) is 7.62. The summed E-state index contributed by atoms with van der Waals surface area (Å²) in [5.41, 5.74) is 3.18. The molecule has 38 heavy (non-hydrogen) atoms. The van der Waals surface area contributed by atoms with Gasteiger partial charge in [-0.05, 0) is 59.7 Å². The number of rotatable bonds is 4. The first-order valence-corrected chi connectivity index (χ1v) is 12.6. The van der Waals surface area contributed by atoms with Crippen LogP contribution in [-0.4, -0.2) is 42.0 Å². The van der Waals surface area contributed by atoms with Crippen molar-refractivity contribution in [1.82, 2.24) is 30.2 Å². The van der Waals surface area contributed by atoms with E-state index in [0.29, 0.717) is 69.1 Å². The van der Waals surface area contributed by atoms with E-state index in [9.17, 15) is 9.59 Å². The molecule has 1 aliphatic heterocycles. The highest BCUT2D eigenvalue weighted by Crippen LogP contribution is 2.38. The van der Waals surface area contributed by atoms with Crippen molar-refractivity contribution < 1.29 is 9.59 Å². The van der Waals surface area contributed by atoms with Crippen molar-refractivity contribution in [3.63, 3.8) is 0 Å². The third-order valence-electron chi connectivity index (χ3n) is 5.79. The fourth-order valence-electron chi connectivity index (χ4n) is 4.06. The number of fused-ring (bicyclic) bond motifs is 4. The molecule has 2 aromatic carbocycles. The molecule has 0 unspecified atom stereocenters. The van der Waals surface area contributed by atoms with Gasteiger partial charge in [-0.25, -0.2) is 4.98 Å². The number of aromatic amines is 1. The summed E-state index contributed by atoms with van der Waals surface area (Å²) in [6.45, 7) is 0. The summed E-state index contributed by atoms with van der Waals surface area (Å²) < 4.78 is 1.47. The highest BCUT2D eigenvalue weighted by atomic mass is 35.5. The van der Waals surface area contributed by atoms with Gasteiger partial charge in [0, 0.05) is 29.5 Å². The number of halogens is 2. The van der Waals surface area contributed by atoms with Crippen LogP contribution in [0.1, 0.15) is 30.7 Å². The van der Waals surface area contributed by atoms with E-state index in [4.69, 9.17) is 23.2 Å². The van der Waals surface area contributed by atoms with Crippen LogP contribution in [-0.2, 0) is 16.0 Å². The van der Waals surface area contributed by atoms with Gasteiger partial charge in [0.2, 0.25) is 11.8 Å². The topological polar surface area (TPSA) is 130 Å². The molecule has 0 atom stereocenters. The normalized spacial score (nSPS) is 13.8. The van der Waals surface area contributed by atoms with Crippen molar-refractivity contribution in [2.24, 2.45) is 0 Å². The number of benzene rings is 2. The van der Waals surface area contributed by atoms with Crippen molar-refractivity contribution >= 4 is 52.5 Å². The maximum Gasteiger partial charge on any atom is 0.248 e. The predicted octanol–water partition coefficient (Wildman–Crippen LogP) is 5.23. The van der Waals surface area contributed by atoms with E-state index in [1.54, 1.807) is 42.5 Å². The Morgan fingerprint density at radius 2 is 1.95 bits per heavy atom. The average molecular weight is 549 g/mol. The molecule has 3 heterocycles. The minimum absolute atomic E-state index is 0.151. The number of H-pyrrole nitrogens is 1. The van der Waals surface area contributed by atoms with Gasteiger partial charge >= 0.3 is 0 Å². The van der Waals surface area contributed by atoms with E-state index >= 15 is 0 Å². The molecule has 0 saturated carbocycles. The van der Waals surface area contributed by atoms with Gasteiger partial charge in [0.1, 0.15) is 23.0 Å². The summed E-state index contributed by atoms with van der Waals surface area (Å²) in [6, 6.07) is 10.4. The van der Waals surface area contributed by atoms with Crippen LogP contribution >= 0.6 is 23.2 Å². The lowest BCUT2D eigenvalue weighted by Gasteiger charge is -2.15. The molecule has 0 saturated heterocycles. The summed E-state index contributed by atoms with van der Waals surface area (Å²) in [5.74, 6) is 0.149. The summed E-state index contributed by atoms with van der Waals surface area (Å²) in [7, 11) is 0. The van der Waals surface area contributed by atoms with Crippen molar-refractivity contribution in [3.05, 3.63) is 82.5 Å². The molecule has 0 spiro atoms. The SMILES string of the molecule is O=C(C=Cc1cc(Cl)ccc1-n1cnnn1)Nc1cccc2c1-c1nc([nH]c1Cl)CCC=CCCC(=O)N2. The Morgan fingerprint density at radius 1 is 1.11 bits per heavy atom. The molecular formula is C26H22Cl2N8O2. The minimum Gasteiger partial charge on any atom is -0.333 e. The van der Waals surface area contributed by atoms with Crippen LogP contribution in [0.25, 0.3) is 23.0 Å². The molecule has 1 aliphatic rings. The second-order valence-electron chi connectivity index (χ2n) is 8.45. The van der Waals surface area contributed by atoms with Crippen molar-refractivity contribution in [2.75, 3.05) is 10.6 Å². The lowest BCUT2D eigenvalue weighted by Crippen LogP contribution is -2.14. The van der Waals surface area contributed by atoms with Crippen molar-refractivity contribution in [1.29, 1.82) is 0 Å². The Hall–Kier alpha value is -4.28. The van der Waals surface area contributed by atoms with E-state index in [1.807, 2.05) is 12.2 Å². The van der Waals surface area contributed by atoms with Crippen LogP contribution in [0, 0.1) is 0 Å². The summed E-state index contributed by atoms with van der Waals surface area (Å²) in [6.07, 6.45) is 10.8. The van der Waals surface area contributed by atoms with E-state index in [1.165, 1.54) is 17.1 Å². The zero-order valence-corrected chi connectivity index (χ0v) is 21.5. The molecule has 5 rings (SSSR count). The number of anilines is 2. The van der Waals surface area contributed by atoms with Gasteiger partial charge < -0.3 is 15.6 Å². The number of nitrogens with one attached hydrogen (secondary N) is 3. The standard InChI is InChI=1S/C26H22Cl2N8O2/c27-17-11-12-20(36-15-29-34-35-36)16(14-17)10-13-23(38)31-19-7-5-6-18-24(19)25-26(28)33-21(32-25)8-3-1-2-4-9-22(37)30-18/h1-2,5-7,10-15H,3-4,8-9H2,(H,30,37)(H,31,38)(H,32,33). The van der Waals surface area contributed by atoms with Crippen LogP contribution in [0.2, 0.25) is 10.2 Å². The number of imidazole rings is 1. The van der Waals surface area contributed by atoms with Gasteiger partial charge in [-0.2, -0.15) is 4.68 Å². The Balaban J connectivity index is 1.48. The van der Waals surface area contributed by atoms with Crippen molar-refractivity contribution in [3.8, 4) is 16.9 Å². The summed E-state index contributed by atoms with van der Waals surface area (Å²) in [5, 5.41) is 17.9. The molecule has 0 radical (unpaired) electrons. The number of allylic oxidation sites excluding steroid dienone is 2. The predicted molar refractivity (Wildman–Crippen MR) is 146 cm³/mol. The lowest BCUT2D eigenvalue weighted by atomic mass is 10.1. The second-order valence-corrected chi connectivity index (χ2v) is 9.27. The molecule has 10 nitrogen and oxygen atoms in total. The highest BCUT2D eigenvalue weighted by molar-refractivity contribution is 6.32. The number of tetrazole rings is 1. The molecule has 192 valence electrons. The quantitative estimate of drug-likeness (QED) is 0.236. The molecule has 12 heteroatoms. The number of hydrogen-bond acceptors (Lipinski definition) is 6. The largest absolute Gasteiger partial charge is 0.333 e. The number of carbonyl (C=O) groups excluding carboxylic acids is 2. The average Bonchev–Trinajstić information content (AvgIpc) is 3.55. The number of aryl methyl sites for hydroxylation is 1. The minimum atomic E-state index is -0.411. The number of aromatic nitrogens is 6. The highest BCUT2D eigenvalue weighted by Gasteiger charge is 2.20. The Morgan fingerprint density at radius 3 is 2.76 bits per heavy atom. The number of amides is 2. The van der Waals surface area contributed by atoms with Gasteiger partial charge in [0.25, 0.3) is 0 Å². The lowest BCUT2D eigenvalue weighted by molar-refractivity contribution is -0.116. The van der Waals surface area contributed by atoms with Gasteiger partial charge in [0.15, 0.2) is 0 Å². The van der Waals surface area contributed by atoms with Crippen LogP contribution in [0.3, 0.4) is 0 Å². The number of hydrogen-bond donors (Lipinski definition) is 3. The zero-order valence-electron chi connectivity index (χ0n) is 20.0. The van der Waals surface area contributed by atoms with E-state index in [2.05, 4.69) is 36.1 Å². The first-order valence-electron chi connectivity index (χ1n) is 11.8. The maximum absolute atomic E-state index is 13.1. The Bertz CT molecular complexity index is 1540. The van der Waals surface area contributed by atoms with E-state index in [-0.39, 0.29) is 5.91 Å². The first-order chi connectivity index (χ1) is 18.5. The fourth-order valence-corrected chi connectivity index (χ4v) is 4.49. The number of nitrogens with zero attached hydrogens (tertiary/aromatic N) is 5.